The molecular formula is C28H59N. The van der Waals surface area contributed by atoms with E-state index < -0.39 is 0 Å². The first-order chi connectivity index (χ1) is 14.2. The molecule has 1 nitrogen and oxygen atoms in total. The molecule has 0 aliphatic carbocycles. The molecular weight excluding hydrogens is 350 g/mol. The van der Waals surface area contributed by atoms with Crippen molar-refractivity contribution in [2.45, 2.75) is 180 Å². The molecule has 0 atom stereocenters. The van der Waals surface area contributed by atoms with E-state index >= 15 is 0 Å². The van der Waals surface area contributed by atoms with Crippen molar-refractivity contribution in [3.05, 3.63) is 0 Å². The second-order valence-electron chi connectivity index (χ2n) is 9.98. The lowest BCUT2D eigenvalue weighted by atomic mass is 9.82. The van der Waals surface area contributed by atoms with Crippen LogP contribution in [0.25, 0.3) is 0 Å². The van der Waals surface area contributed by atoms with Gasteiger partial charge in [-0.1, -0.05) is 156 Å². The van der Waals surface area contributed by atoms with E-state index in [0.29, 0.717) is 0 Å². The number of hydrogen-bond donors (Lipinski definition) is 1. The summed E-state index contributed by atoms with van der Waals surface area (Å²) >= 11 is 0. The topological polar surface area (TPSA) is 26.0 Å². The molecule has 176 valence electrons. The summed E-state index contributed by atoms with van der Waals surface area (Å²) in [6, 6.07) is 0. The van der Waals surface area contributed by atoms with Gasteiger partial charge in [-0.3, -0.25) is 0 Å². The van der Waals surface area contributed by atoms with Crippen molar-refractivity contribution in [1.29, 1.82) is 0 Å². The van der Waals surface area contributed by atoms with E-state index in [1.165, 1.54) is 154 Å². The predicted molar refractivity (Wildman–Crippen MR) is 135 cm³/mol. The van der Waals surface area contributed by atoms with E-state index in [-0.39, 0.29) is 5.54 Å². The monoisotopic (exact) mass is 409 g/mol. The van der Waals surface area contributed by atoms with Gasteiger partial charge in [-0.05, 0) is 19.3 Å². The lowest BCUT2D eigenvalue weighted by molar-refractivity contribution is 0.302. The zero-order chi connectivity index (χ0) is 21.5. The van der Waals surface area contributed by atoms with Crippen molar-refractivity contribution in [3.63, 3.8) is 0 Å². The highest BCUT2D eigenvalue weighted by molar-refractivity contribution is 4.84. The summed E-state index contributed by atoms with van der Waals surface area (Å²) in [7, 11) is 0. The zero-order valence-corrected chi connectivity index (χ0v) is 21.0. The third kappa shape index (κ3) is 21.0. The average Bonchev–Trinajstić information content (AvgIpc) is 2.72. The molecule has 2 N–H and O–H groups in total. The van der Waals surface area contributed by atoms with Crippen LogP contribution >= 0.6 is 0 Å². The lowest BCUT2D eigenvalue weighted by Gasteiger charge is -2.30. The van der Waals surface area contributed by atoms with Gasteiger partial charge in [-0.25, -0.2) is 0 Å². The van der Waals surface area contributed by atoms with Crippen LogP contribution in [0.4, 0.5) is 0 Å². The van der Waals surface area contributed by atoms with Gasteiger partial charge in [0.25, 0.3) is 0 Å². The molecule has 0 aromatic rings. The molecule has 0 heterocycles. The molecule has 0 radical (unpaired) electrons. The van der Waals surface area contributed by atoms with Crippen molar-refractivity contribution < 1.29 is 0 Å². The fraction of sp³-hybridized carbons (Fsp3) is 1.00. The third-order valence-corrected chi connectivity index (χ3v) is 6.83. The minimum Gasteiger partial charge on any atom is -0.325 e. The Morgan fingerprint density at radius 2 is 0.552 bits per heavy atom. The largest absolute Gasteiger partial charge is 0.325 e. The predicted octanol–water partition coefficient (Wildman–Crippen LogP) is 10.1. The Balaban J connectivity index is 4.03. The van der Waals surface area contributed by atoms with Gasteiger partial charge in [0.05, 0.1) is 0 Å². The first-order valence-corrected chi connectivity index (χ1v) is 14.0. The minimum absolute atomic E-state index is 0.135. The van der Waals surface area contributed by atoms with E-state index in [9.17, 15) is 0 Å². The summed E-state index contributed by atoms with van der Waals surface area (Å²) in [4.78, 5) is 0. The second-order valence-corrected chi connectivity index (χ2v) is 9.98. The third-order valence-electron chi connectivity index (χ3n) is 6.83. The van der Waals surface area contributed by atoms with Crippen LogP contribution in [-0.2, 0) is 0 Å². The van der Waals surface area contributed by atoms with Crippen LogP contribution < -0.4 is 5.73 Å². The quantitative estimate of drug-likeness (QED) is 0.158. The molecule has 0 aliphatic rings. The van der Waals surface area contributed by atoms with E-state index in [1.807, 2.05) is 0 Å². The van der Waals surface area contributed by atoms with Crippen LogP contribution in [0.1, 0.15) is 175 Å². The van der Waals surface area contributed by atoms with E-state index in [1.54, 1.807) is 0 Å². The van der Waals surface area contributed by atoms with E-state index in [2.05, 4.69) is 20.8 Å². The van der Waals surface area contributed by atoms with Crippen LogP contribution in [0.3, 0.4) is 0 Å². The number of unbranched alkanes of at least 4 members (excludes halogenated alkanes) is 18. The average molecular weight is 410 g/mol. The van der Waals surface area contributed by atoms with Gasteiger partial charge in [-0.2, -0.15) is 0 Å². The first kappa shape index (κ1) is 29.0. The fourth-order valence-electron chi connectivity index (χ4n) is 4.68. The molecule has 0 spiro atoms. The molecule has 0 bridgehead atoms. The van der Waals surface area contributed by atoms with Crippen LogP contribution in [-0.4, -0.2) is 5.54 Å². The molecule has 0 aliphatic heterocycles. The van der Waals surface area contributed by atoms with Crippen molar-refractivity contribution in [3.8, 4) is 0 Å². The lowest BCUT2D eigenvalue weighted by Crippen LogP contribution is -2.39. The normalized spacial score (nSPS) is 12.0. The fourth-order valence-corrected chi connectivity index (χ4v) is 4.68. The van der Waals surface area contributed by atoms with E-state index in [0.717, 1.165) is 0 Å². The van der Waals surface area contributed by atoms with Gasteiger partial charge < -0.3 is 5.73 Å². The van der Waals surface area contributed by atoms with Crippen LogP contribution in [0.15, 0.2) is 0 Å². The molecule has 0 saturated carbocycles. The molecule has 29 heavy (non-hydrogen) atoms. The molecule has 0 saturated heterocycles. The highest BCUT2D eigenvalue weighted by atomic mass is 14.7. The van der Waals surface area contributed by atoms with Crippen LogP contribution in [0.5, 0.6) is 0 Å². The maximum absolute atomic E-state index is 6.99. The summed E-state index contributed by atoms with van der Waals surface area (Å²) in [6.45, 7) is 6.91. The van der Waals surface area contributed by atoms with Gasteiger partial charge in [0.1, 0.15) is 0 Å². The van der Waals surface area contributed by atoms with Crippen molar-refractivity contribution in [1.82, 2.24) is 0 Å². The highest BCUT2D eigenvalue weighted by Gasteiger charge is 2.23. The summed E-state index contributed by atoms with van der Waals surface area (Å²) in [5.74, 6) is 0. The standard InChI is InChI=1S/C28H59N/c1-4-7-10-13-16-19-22-25-28(29,26-23-20-17-14-11-8-5-2)27-24-21-18-15-12-9-6-3/h4-27,29H2,1-3H3. The zero-order valence-electron chi connectivity index (χ0n) is 21.0. The molecule has 0 unspecified atom stereocenters. The first-order valence-electron chi connectivity index (χ1n) is 14.0. The van der Waals surface area contributed by atoms with Gasteiger partial charge in [0, 0.05) is 5.54 Å². The maximum Gasteiger partial charge on any atom is 0.0154 e. The Morgan fingerprint density at radius 1 is 0.345 bits per heavy atom. The van der Waals surface area contributed by atoms with Gasteiger partial charge >= 0.3 is 0 Å². The number of hydrogen-bond acceptors (Lipinski definition) is 1. The van der Waals surface area contributed by atoms with Crippen LogP contribution in [0.2, 0.25) is 0 Å². The molecule has 1 heteroatoms. The summed E-state index contributed by atoms with van der Waals surface area (Å²) < 4.78 is 0. The molecule has 0 rings (SSSR count). The summed E-state index contributed by atoms with van der Waals surface area (Å²) in [6.07, 6.45) is 33.2. The Morgan fingerprint density at radius 3 is 0.793 bits per heavy atom. The SMILES string of the molecule is CCCCCCCCCC(N)(CCCCCCCCC)CCCCCCCCC. The van der Waals surface area contributed by atoms with Gasteiger partial charge in [0.2, 0.25) is 0 Å². The number of rotatable bonds is 24. The molecule has 0 aromatic heterocycles. The molecule has 0 fully saturated rings. The maximum atomic E-state index is 6.99. The molecule has 0 aromatic carbocycles. The van der Waals surface area contributed by atoms with Crippen LogP contribution in [0, 0.1) is 0 Å². The Labute approximate surface area is 186 Å². The Hall–Kier alpha value is -0.0400. The number of nitrogens with two attached hydrogens (primary N) is 1. The van der Waals surface area contributed by atoms with Crippen molar-refractivity contribution in [2.24, 2.45) is 5.73 Å². The Kier molecular flexibility index (Phi) is 22.6. The van der Waals surface area contributed by atoms with Crippen molar-refractivity contribution in [2.75, 3.05) is 0 Å². The summed E-state index contributed by atoms with van der Waals surface area (Å²) in [5, 5.41) is 0. The van der Waals surface area contributed by atoms with E-state index in [4.69, 9.17) is 5.73 Å². The van der Waals surface area contributed by atoms with Gasteiger partial charge in [0.15, 0.2) is 0 Å². The Bertz CT molecular complexity index is 253. The summed E-state index contributed by atoms with van der Waals surface area (Å²) in [5.41, 5.74) is 7.12. The minimum atomic E-state index is 0.135. The second kappa shape index (κ2) is 22.6. The smallest absolute Gasteiger partial charge is 0.0154 e. The van der Waals surface area contributed by atoms with Crippen molar-refractivity contribution >= 4 is 0 Å². The highest BCUT2D eigenvalue weighted by Crippen LogP contribution is 2.27. The van der Waals surface area contributed by atoms with Gasteiger partial charge in [-0.15, -0.1) is 0 Å². The molecule has 0 amide bonds.